The van der Waals surface area contributed by atoms with E-state index in [4.69, 9.17) is 4.74 Å². The van der Waals surface area contributed by atoms with E-state index in [0.717, 1.165) is 30.6 Å². The number of rotatable bonds is 3. The van der Waals surface area contributed by atoms with Gasteiger partial charge in [0.25, 0.3) is 0 Å². The maximum Gasteiger partial charge on any atom is 0.451 e. The molecular weight excluding hydrogens is 438 g/mol. The molecule has 3 rings (SSSR count). The molecule has 0 N–H and O–H groups in total. The van der Waals surface area contributed by atoms with Crippen LogP contribution in [-0.4, -0.2) is 30.2 Å². The lowest BCUT2D eigenvalue weighted by Crippen LogP contribution is -2.40. The summed E-state index contributed by atoms with van der Waals surface area (Å²) in [4.78, 5) is 5.91. The second kappa shape index (κ2) is 7.80. The monoisotopic (exact) mass is 454 g/mol. The highest BCUT2D eigenvalue weighted by Crippen LogP contribution is 2.40. The molecule has 0 amide bonds. The summed E-state index contributed by atoms with van der Waals surface area (Å²) in [5.41, 5.74) is -1.13. The van der Waals surface area contributed by atoms with E-state index in [1.165, 1.54) is 0 Å². The summed E-state index contributed by atoms with van der Waals surface area (Å²) in [5, 5.41) is -1.32. The topological polar surface area (TPSA) is 69.2 Å². The minimum absolute atomic E-state index is 0.00454. The quantitative estimate of drug-likeness (QED) is 0.641. The van der Waals surface area contributed by atoms with Crippen molar-refractivity contribution < 1.29 is 39.5 Å². The van der Waals surface area contributed by atoms with Gasteiger partial charge in [-0.3, -0.25) is 0 Å². The van der Waals surface area contributed by atoms with Crippen molar-refractivity contribution in [1.29, 1.82) is 0 Å². The minimum atomic E-state index is -4.78. The van der Waals surface area contributed by atoms with Crippen LogP contribution in [-0.2, 0) is 26.9 Å². The summed E-state index contributed by atoms with van der Waals surface area (Å²) in [5.74, 6) is -1.93. The Hall–Kier alpha value is -2.21. The second-order valence-corrected chi connectivity index (χ2v) is 9.04. The average molecular weight is 454 g/mol. The largest absolute Gasteiger partial charge is 0.451 e. The van der Waals surface area contributed by atoms with Crippen molar-refractivity contribution in [3.05, 3.63) is 53.6 Å². The SMILES string of the molecule is CC1CCOC(c2cnc(C(F)(F)F)nc2)C1S(=O)(=O)c1cccc(C(F)(F)F)c1. The molecule has 3 atom stereocenters. The van der Waals surface area contributed by atoms with Crippen molar-refractivity contribution in [2.24, 2.45) is 5.92 Å². The Morgan fingerprint density at radius 2 is 1.67 bits per heavy atom. The molecule has 3 unspecified atom stereocenters. The van der Waals surface area contributed by atoms with Gasteiger partial charge in [-0.1, -0.05) is 13.0 Å². The first kappa shape index (κ1) is 22.5. The van der Waals surface area contributed by atoms with Crippen molar-refractivity contribution in [2.75, 3.05) is 6.61 Å². The summed E-state index contributed by atoms with van der Waals surface area (Å²) in [6.07, 6.45) is -8.78. The zero-order valence-corrected chi connectivity index (χ0v) is 16.2. The first-order valence-corrected chi connectivity index (χ1v) is 10.3. The normalized spacial score (nSPS) is 23.4. The van der Waals surface area contributed by atoms with Crippen LogP contribution < -0.4 is 0 Å². The molecular formula is C18H16F6N2O3S. The molecule has 164 valence electrons. The molecule has 1 aromatic heterocycles. The maximum absolute atomic E-state index is 13.2. The van der Waals surface area contributed by atoms with Gasteiger partial charge >= 0.3 is 12.4 Å². The number of nitrogens with zero attached hydrogens (tertiary/aromatic N) is 2. The molecule has 1 aromatic carbocycles. The Bertz CT molecular complexity index is 1010. The lowest BCUT2D eigenvalue weighted by Gasteiger charge is -2.36. The minimum Gasteiger partial charge on any atom is -0.372 e. The molecule has 1 aliphatic rings. The molecule has 0 spiro atoms. The van der Waals surface area contributed by atoms with Crippen molar-refractivity contribution in [3.8, 4) is 0 Å². The summed E-state index contributed by atoms with van der Waals surface area (Å²) >= 11 is 0. The van der Waals surface area contributed by atoms with Crippen LogP contribution in [0, 0.1) is 5.92 Å². The van der Waals surface area contributed by atoms with Gasteiger partial charge in [-0.25, -0.2) is 18.4 Å². The molecule has 12 heteroatoms. The maximum atomic E-state index is 13.2. The van der Waals surface area contributed by atoms with E-state index >= 15 is 0 Å². The number of benzene rings is 1. The Labute approximate surface area is 168 Å². The van der Waals surface area contributed by atoms with Crippen LogP contribution >= 0.6 is 0 Å². The van der Waals surface area contributed by atoms with Gasteiger partial charge in [-0.05, 0) is 30.5 Å². The van der Waals surface area contributed by atoms with Gasteiger partial charge in [-0.2, -0.15) is 26.3 Å². The molecule has 2 aromatic rings. The number of alkyl halides is 6. The Balaban J connectivity index is 2.02. The Morgan fingerprint density at radius 3 is 2.23 bits per heavy atom. The first-order chi connectivity index (χ1) is 13.8. The van der Waals surface area contributed by atoms with E-state index in [0.29, 0.717) is 12.5 Å². The predicted molar refractivity (Wildman–Crippen MR) is 91.9 cm³/mol. The Kier molecular flexibility index (Phi) is 5.84. The highest BCUT2D eigenvalue weighted by molar-refractivity contribution is 7.92. The van der Waals surface area contributed by atoms with Gasteiger partial charge < -0.3 is 4.74 Å². The zero-order chi connectivity index (χ0) is 22.3. The molecule has 1 saturated heterocycles. The third kappa shape index (κ3) is 4.43. The van der Waals surface area contributed by atoms with Crippen LogP contribution in [0.1, 0.15) is 36.4 Å². The third-order valence-electron chi connectivity index (χ3n) is 4.83. The fourth-order valence-corrected chi connectivity index (χ4v) is 5.51. The van der Waals surface area contributed by atoms with Crippen molar-refractivity contribution >= 4 is 9.84 Å². The summed E-state index contributed by atoms with van der Waals surface area (Å²) in [6, 6.07) is 3.32. The first-order valence-electron chi connectivity index (χ1n) is 8.73. The number of hydrogen-bond acceptors (Lipinski definition) is 5. The van der Waals surface area contributed by atoms with E-state index in [2.05, 4.69) is 9.97 Å². The fraction of sp³-hybridized carbons (Fsp3) is 0.444. The number of sulfone groups is 1. The summed E-state index contributed by atoms with van der Waals surface area (Å²) < 4.78 is 109. The van der Waals surface area contributed by atoms with Crippen molar-refractivity contribution in [3.63, 3.8) is 0 Å². The molecule has 0 bridgehead atoms. The van der Waals surface area contributed by atoms with E-state index in [1.807, 2.05) is 0 Å². The number of aromatic nitrogens is 2. The average Bonchev–Trinajstić information content (AvgIpc) is 2.66. The standard InChI is InChI=1S/C18H16F6N2O3S/c1-10-5-6-29-14(11-8-25-16(26-9-11)18(22,23)24)15(10)30(27,28)13-4-2-3-12(7-13)17(19,20)21/h2-4,7-10,14-15H,5-6H2,1H3. The van der Waals surface area contributed by atoms with E-state index in [9.17, 15) is 34.8 Å². The van der Waals surface area contributed by atoms with Crippen LogP contribution in [0.5, 0.6) is 0 Å². The lowest BCUT2D eigenvalue weighted by atomic mass is 9.94. The van der Waals surface area contributed by atoms with Crippen LogP contribution in [0.4, 0.5) is 26.3 Å². The van der Waals surface area contributed by atoms with Crippen LogP contribution in [0.15, 0.2) is 41.6 Å². The molecule has 0 aliphatic carbocycles. The van der Waals surface area contributed by atoms with E-state index in [1.54, 1.807) is 6.92 Å². The van der Waals surface area contributed by atoms with Crippen LogP contribution in [0.2, 0.25) is 0 Å². The zero-order valence-electron chi connectivity index (χ0n) is 15.4. The lowest BCUT2D eigenvalue weighted by molar-refractivity contribution is -0.145. The van der Waals surface area contributed by atoms with E-state index < -0.39 is 55.7 Å². The molecule has 2 heterocycles. The number of halogens is 6. The van der Waals surface area contributed by atoms with E-state index in [-0.39, 0.29) is 12.2 Å². The van der Waals surface area contributed by atoms with Gasteiger partial charge in [0.05, 0.1) is 15.7 Å². The highest BCUT2D eigenvalue weighted by atomic mass is 32.2. The van der Waals surface area contributed by atoms with Crippen LogP contribution in [0.25, 0.3) is 0 Å². The highest BCUT2D eigenvalue weighted by Gasteiger charge is 2.44. The molecule has 1 aliphatic heterocycles. The molecule has 1 fully saturated rings. The summed E-state index contributed by atoms with van der Waals surface area (Å²) in [6.45, 7) is 1.72. The van der Waals surface area contributed by atoms with Crippen molar-refractivity contribution in [2.45, 2.75) is 41.9 Å². The fourth-order valence-electron chi connectivity index (χ4n) is 3.33. The molecule has 0 saturated carbocycles. The second-order valence-electron chi connectivity index (χ2n) is 6.93. The van der Waals surface area contributed by atoms with Gasteiger partial charge in [0.15, 0.2) is 9.84 Å². The Morgan fingerprint density at radius 1 is 1.03 bits per heavy atom. The van der Waals surface area contributed by atoms with Gasteiger partial charge in [0.1, 0.15) is 6.10 Å². The third-order valence-corrected chi connectivity index (χ3v) is 7.17. The summed E-state index contributed by atoms with van der Waals surface area (Å²) in [7, 11) is -4.33. The number of hydrogen-bond donors (Lipinski definition) is 0. The van der Waals surface area contributed by atoms with Crippen molar-refractivity contribution in [1.82, 2.24) is 9.97 Å². The number of ether oxygens (including phenoxy) is 1. The molecule has 30 heavy (non-hydrogen) atoms. The van der Waals surface area contributed by atoms with Crippen LogP contribution in [0.3, 0.4) is 0 Å². The smallest absolute Gasteiger partial charge is 0.372 e. The van der Waals surface area contributed by atoms with Gasteiger partial charge in [0, 0.05) is 24.6 Å². The van der Waals surface area contributed by atoms with Gasteiger partial charge in [-0.15, -0.1) is 0 Å². The molecule has 0 radical (unpaired) electrons. The van der Waals surface area contributed by atoms with Gasteiger partial charge in [0.2, 0.25) is 5.82 Å². The molecule has 5 nitrogen and oxygen atoms in total. The predicted octanol–water partition coefficient (Wildman–Crippen LogP) is 4.45.